The minimum Gasteiger partial charge on any atom is -0.504 e. The molecule has 2 atom stereocenters. The Kier molecular flexibility index (Phi) is 8.21. The zero-order valence-corrected chi connectivity index (χ0v) is 20.1. The SMILES string of the molecule is COc1cc([C@@H](CC(=O)N[C@@H](CCSC)c2nc(C)no2)c2oc(C)cc(=O)c2O)ccc1O. The molecule has 11 heteroatoms. The van der Waals surface area contributed by atoms with Crippen LogP contribution in [0.1, 0.15) is 53.6 Å². The summed E-state index contributed by atoms with van der Waals surface area (Å²) in [5, 5.41) is 27.2. The van der Waals surface area contributed by atoms with Crippen LogP contribution in [0.2, 0.25) is 0 Å². The molecule has 3 N–H and O–H groups in total. The number of benzene rings is 1. The molecule has 0 aliphatic rings. The number of aromatic hydroxyl groups is 2. The topological polar surface area (TPSA) is 148 Å². The van der Waals surface area contributed by atoms with Crippen LogP contribution in [0, 0.1) is 13.8 Å². The maximum Gasteiger partial charge on any atom is 0.249 e. The predicted molar refractivity (Wildman–Crippen MR) is 125 cm³/mol. The third-order valence-corrected chi connectivity index (χ3v) is 5.82. The van der Waals surface area contributed by atoms with Gasteiger partial charge in [-0.15, -0.1) is 0 Å². The van der Waals surface area contributed by atoms with E-state index in [1.54, 1.807) is 31.7 Å². The molecule has 2 aromatic heterocycles. The molecule has 0 saturated carbocycles. The van der Waals surface area contributed by atoms with E-state index in [1.807, 2.05) is 6.26 Å². The van der Waals surface area contributed by atoms with Crippen LogP contribution in [-0.2, 0) is 4.79 Å². The number of amides is 1. The summed E-state index contributed by atoms with van der Waals surface area (Å²) in [4.78, 5) is 29.6. The van der Waals surface area contributed by atoms with Crippen LogP contribution < -0.4 is 15.5 Å². The average Bonchev–Trinajstić information content (AvgIpc) is 3.24. The molecule has 0 saturated heterocycles. The third-order valence-electron chi connectivity index (χ3n) is 5.17. The van der Waals surface area contributed by atoms with Crippen molar-refractivity contribution in [2.45, 2.75) is 38.6 Å². The summed E-state index contributed by atoms with van der Waals surface area (Å²) in [7, 11) is 1.40. The molecule has 1 amide bonds. The summed E-state index contributed by atoms with van der Waals surface area (Å²) in [5.74, 6) is 0.0161. The largest absolute Gasteiger partial charge is 0.504 e. The van der Waals surface area contributed by atoms with Crippen molar-refractivity contribution >= 4 is 17.7 Å². The monoisotopic (exact) mass is 489 g/mol. The Labute approximate surface area is 200 Å². The van der Waals surface area contributed by atoms with Crippen LogP contribution in [0.15, 0.2) is 38.0 Å². The summed E-state index contributed by atoms with van der Waals surface area (Å²) in [5.41, 5.74) is -0.114. The normalized spacial score (nSPS) is 12.8. The van der Waals surface area contributed by atoms with Crippen molar-refractivity contribution in [3.8, 4) is 17.2 Å². The van der Waals surface area contributed by atoms with Gasteiger partial charge in [0.05, 0.1) is 13.0 Å². The summed E-state index contributed by atoms with van der Waals surface area (Å²) in [6, 6.07) is 5.18. The molecule has 0 aliphatic carbocycles. The average molecular weight is 490 g/mol. The molecule has 0 radical (unpaired) electrons. The fourth-order valence-electron chi connectivity index (χ4n) is 3.52. The lowest BCUT2D eigenvalue weighted by molar-refractivity contribution is -0.122. The highest BCUT2D eigenvalue weighted by atomic mass is 32.2. The van der Waals surface area contributed by atoms with E-state index in [2.05, 4.69) is 15.5 Å². The molecule has 3 rings (SSSR count). The molecule has 34 heavy (non-hydrogen) atoms. The molecule has 0 unspecified atom stereocenters. The molecule has 0 fully saturated rings. The second-order valence-electron chi connectivity index (χ2n) is 7.70. The van der Waals surface area contributed by atoms with Gasteiger partial charge >= 0.3 is 0 Å². The van der Waals surface area contributed by atoms with Gasteiger partial charge in [0.2, 0.25) is 23.0 Å². The van der Waals surface area contributed by atoms with Crippen LogP contribution in [0.25, 0.3) is 0 Å². The number of aromatic nitrogens is 2. The number of nitrogens with zero attached hydrogens (tertiary/aromatic N) is 2. The zero-order chi connectivity index (χ0) is 24.8. The Hall–Kier alpha value is -3.47. The van der Waals surface area contributed by atoms with E-state index >= 15 is 0 Å². The Morgan fingerprint density at radius 2 is 2.03 bits per heavy atom. The molecule has 182 valence electrons. The molecular formula is C23H27N3O7S. The maximum absolute atomic E-state index is 13.2. The molecule has 3 aromatic rings. The Morgan fingerprint density at radius 1 is 1.26 bits per heavy atom. The lowest BCUT2D eigenvalue weighted by Gasteiger charge is -2.20. The van der Waals surface area contributed by atoms with Gasteiger partial charge in [0, 0.05) is 12.5 Å². The van der Waals surface area contributed by atoms with Gasteiger partial charge in [0.25, 0.3) is 0 Å². The highest BCUT2D eigenvalue weighted by Gasteiger charge is 2.28. The molecule has 2 heterocycles. The number of methoxy groups -OCH3 is 1. The first-order valence-electron chi connectivity index (χ1n) is 10.5. The number of nitrogens with one attached hydrogen (secondary N) is 1. The quantitative estimate of drug-likeness (QED) is 0.388. The van der Waals surface area contributed by atoms with Gasteiger partial charge in [-0.05, 0) is 50.0 Å². The molecule has 0 bridgehead atoms. The number of phenolic OH excluding ortho intramolecular Hbond substituents is 1. The van der Waals surface area contributed by atoms with Crippen LogP contribution in [0.4, 0.5) is 0 Å². The lowest BCUT2D eigenvalue weighted by Crippen LogP contribution is -2.30. The van der Waals surface area contributed by atoms with E-state index in [4.69, 9.17) is 13.7 Å². The van der Waals surface area contributed by atoms with Gasteiger partial charge in [0.1, 0.15) is 11.8 Å². The fraction of sp³-hybridized carbons (Fsp3) is 0.391. The fourth-order valence-corrected chi connectivity index (χ4v) is 3.99. The second-order valence-corrected chi connectivity index (χ2v) is 8.69. The van der Waals surface area contributed by atoms with Crippen molar-refractivity contribution in [1.82, 2.24) is 15.5 Å². The highest BCUT2D eigenvalue weighted by Crippen LogP contribution is 2.37. The second kappa shape index (κ2) is 11.1. The Balaban J connectivity index is 1.96. The van der Waals surface area contributed by atoms with Crippen molar-refractivity contribution in [3.05, 3.63) is 63.3 Å². The first-order chi connectivity index (χ1) is 16.2. The van der Waals surface area contributed by atoms with E-state index in [-0.39, 0.29) is 35.3 Å². The predicted octanol–water partition coefficient (Wildman–Crippen LogP) is 3.19. The number of thioether (sulfide) groups is 1. The standard InChI is InChI=1S/C23H27N3O7S/c1-12-9-18(28)21(30)22(32-12)15(14-5-6-17(27)19(10-14)31-3)11-20(29)25-16(7-8-34-4)23-24-13(2)26-33-23/h5-6,9-10,15-16,27,30H,7-8,11H2,1-4H3,(H,25,29)/t15-,16+/m1/s1. The maximum atomic E-state index is 13.2. The summed E-state index contributed by atoms with van der Waals surface area (Å²) < 4.78 is 16.1. The zero-order valence-electron chi connectivity index (χ0n) is 19.3. The van der Waals surface area contributed by atoms with Gasteiger partial charge in [0.15, 0.2) is 23.1 Å². The van der Waals surface area contributed by atoms with Crippen molar-refractivity contribution in [1.29, 1.82) is 0 Å². The van der Waals surface area contributed by atoms with Crippen LogP contribution >= 0.6 is 11.8 Å². The number of carbonyl (C=O) groups is 1. The van der Waals surface area contributed by atoms with E-state index in [0.717, 1.165) is 5.75 Å². The molecular weight excluding hydrogens is 462 g/mol. The summed E-state index contributed by atoms with van der Waals surface area (Å²) in [6.45, 7) is 3.27. The van der Waals surface area contributed by atoms with Crippen molar-refractivity contribution in [2.24, 2.45) is 0 Å². The van der Waals surface area contributed by atoms with Crippen molar-refractivity contribution in [3.63, 3.8) is 0 Å². The number of carbonyl (C=O) groups excluding carboxylic acids is 1. The van der Waals surface area contributed by atoms with Crippen LogP contribution in [0.3, 0.4) is 0 Å². The summed E-state index contributed by atoms with van der Waals surface area (Å²) >= 11 is 1.62. The molecule has 10 nitrogen and oxygen atoms in total. The number of hydrogen-bond donors (Lipinski definition) is 3. The number of ether oxygens (including phenoxy) is 1. The Bertz CT molecular complexity index is 1210. The first-order valence-corrected chi connectivity index (χ1v) is 11.9. The molecule has 1 aromatic carbocycles. The number of aryl methyl sites for hydroxylation is 2. The van der Waals surface area contributed by atoms with Crippen LogP contribution in [-0.4, -0.2) is 45.4 Å². The van der Waals surface area contributed by atoms with Gasteiger partial charge in [-0.1, -0.05) is 11.2 Å². The van der Waals surface area contributed by atoms with Crippen molar-refractivity contribution < 1.29 is 28.7 Å². The van der Waals surface area contributed by atoms with Gasteiger partial charge in [-0.25, -0.2) is 0 Å². The highest BCUT2D eigenvalue weighted by molar-refractivity contribution is 7.98. The smallest absolute Gasteiger partial charge is 0.249 e. The number of hydrogen-bond acceptors (Lipinski definition) is 10. The first kappa shape index (κ1) is 25.2. The number of rotatable bonds is 10. The molecule has 0 spiro atoms. The van der Waals surface area contributed by atoms with Gasteiger partial charge in [-0.3, -0.25) is 9.59 Å². The summed E-state index contributed by atoms with van der Waals surface area (Å²) in [6.07, 6.45) is 2.35. The van der Waals surface area contributed by atoms with Gasteiger partial charge in [-0.2, -0.15) is 16.7 Å². The van der Waals surface area contributed by atoms with E-state index < -0.39 is 23.1 Å². The lowest BCUT2D eigenvalue weighted by atomic mass is 9.91. The van der Waals surface area contributed by atoms with E-state index in [1.165, 1.54) is 25.3 Å². The Morgan fingerprint density at radius 3 is 2.68 bits per heavy atom. The minimum absolute atomic E-state index is 0.0535. The minimum atomic E-state index is -0.840. The van der Waals surface area contributed by atoms with Crippen LogP contribution in [0.5, 0.6) is 17.2 Å². The third kappa shape index (κ3) is 5.90. The molecule has 0 aliphatic heterocycles. The van der Waals surface area contributed by atoms with E-state index in [0.29, 0.717) is 23.7 Å². The van der Waals surface area contributed by atoms with Gasteiger partial charge < -0.3 is 29.2 Å². The number of phenols is 1. The van der Waals surface area contributed by atoms with Crippen molar-refractivity contribution in [2.75, 3.05) is 19.1 Å². The van der Waals surface area contributed by atoms with E-state index in [9.17, 15) is 19.8 Å².